The number of benzene rings is 1. The molecule has 1 aromatic carbocycles. The molecule has 156 valence electrons. The molecule has 2 aromatic rings. The molecule has 4 heterocycles. The number of imide groups is 1. The lowest BCUT2D eigenvalue weighted by Crippen LogP contribution is -2.52. The number of piperidine rings is 1. The number of nitrogens with zero attached hydrogens (tertiary/aromatic N) is 3. The molecule has 1 N–H and O–H groups in total. The Morgan fingerprint density at radius 1 is 1.07 bits per heavy atom. The smallest absolute Gasteiger partial charge is 0.255 e. The van der Waals surface area contributed by atoms with Gasteiger partial charge < -0.3 is 9.80 Å². The van der Waals surface area contributed by atoms with Crippen LogP contribution >= 0.6 is 11.3 Å². The molecule has 30 heavy (non-hydrogen) atoms. The highest BCUT2D eigenvalue weighted by Gasteiger charge is 2.39. The van der Waals surface area contributed by atoms with E-state index in [1.807, 2.05) is 12.1 Å². The second-order valence-electron chi connectivity index (χ2n) is 8.11. The van der Waals surface area contributed by atoms with Crippen LogP contribution in [-0.4, -0.2) is 59.7 Å². The Balaban J connectivity index is 1.23. The third-order valence-electron chi connectivity index (χ3n) is 6.18. The molecule has 0 aliphatic carbocycles. The van der Waals surface area contributed by atoms with E-state index < -0.39 is 6.04 Å². The van der Waals surface area contributed by atoms with Crippen LogP contribution in [0.1, 0.15) is 34.3 Å². The van der Waals surface area contributed by atoms with Gasteiger partial charge in [-0.3, -0.25) is 24.6 Å². The maximum Gasteiger partial charge on any atom is 0.255 e. The highest BCUT2D eigenvalue weighted by atomic mass is 32.1. The molecule has 3 aliphatic heterocycles. The average Bonchev–Trinajstić information content (AvgIpc) is 3.37. The van der Waals surface area contributed by atoms with Gasteiger partial charge >= 0.3 is 0 Å². The molecular formula is C22H24N4O3S. The van der Waals surface area contributed by atoms with Crippen LogP contribution in [0, 0.1) is 0 Å². The van der Waals surface area contributed by atoms with Gasteiger partial charge in [0, 0.05) is 51.3 Å². The third kappa shape index (κ3) is 3.61. The van der Waals surface area contributed by atoms with Gasteiger partial charge in [-0.25, -0.2) is 0 Å². The fourth-order valence-electron chi connectivity index (χ4n) is 4.56. The van der Waals surface area contributed by atoms with E-state index in [9.17, 15) is 14.4 Å². The normalized spacial score (nSPS) is 22.4. The molecule has 3 aliphatic rings. The minimum atomic E-state index is -0.559. The molecule has 0 radical (unpaired) electrons. The quantitative estimate of drug-likeness (QED) is 0.759. The molecule has 0 spiro atoms. The van der Waals surface area contributed by atoms with Gasteiger partial charge in [0.25, 0.3) is 5.91 Å². The van der Waals surface area contributed by atoms with Crippen LogP contribution in [0.25, 0.3) is 0 Å². The number of carbonyl (C=O) groups excluding carboxylic acids is 3. The van der Waals surface area contributed by atoms with E-state index in [2.05, 4.69) is 38.7 Å². The summed E-state index contributed by atoms with van der Waals surface area (Å²) >= 11 is 1.78. The summed E-state index contributed by atoms with van der Waals surface area (Å²) in [5.74, 6) is -0.742. The van der Waals surface area contributed by atoms with E-state index >= 15 is 0 Å². The zero-order valence-electron chi connectivity index (χ0n) is 16.7. The molecule has 1 aromatic heterocycles. The van der Waals surface area contributed by atoms with Gasteiger partial charge in [-0.15, -0.1) is 11.3 Å². The number of rotatable bonds is 4. The second-order valence-corrected chi connectivity index (χ2v) is 9.03. The highest BCUT2D eigenvalue weighted by Crippen LogP contribution is 2.29. The van der Waals surface area contributed by atoms with Crippen LogP contribution in [0.2, 0.25) is 0 Å². The minimum absolute atomic E-state index is 0.115. The van der Waals surface area contributed by atoms with E-state index in [0.29, 0.717) is 18.5 Å². The van der Waals surface area contributed by atoms with Crippen molar-refractivity contribution in [2.75, 3.05) is 31.1 Å². The van der Waals surface area contributed by atoms with E-state index in [-0.39, 0.29) is 24.1 Å². The van der Waals surface area contributed by atoms with Gasteiger partial charge in [-0.1, -0.05) is 12.1 Å². The first-order chi connectivity index (χ1) is 14.6. The molecule has 1 unspecified atom stereocenters. The lowest BCUT2D eigenvalue weighted by Gasteiger charge is -2.35. The molecule has 1 atom stereocenters. The van der Waals surface area contributed by atoms with Crippen molar-refractivity contribution in [1.82, 2.24) is 15.1 Å². The molecule has 2 saturated heterocycles. The van der Waals surface area contributed by atoms with Crippen molar-refractivity contribution >= 4 is 34.1 Å². The van der Waals surface area contributed by atoms with Gasteiger partial charge in [0.2, 0.25) is 11.8 Å². The van der Waals surface area contributed by atoms with E-state index in [1.165, 1.54) is 10.6 Å². The molecule has 3 amide bonds. The average molecular weight is 425 g/mol. The largest absolute Gasteiger partial charge is 0.361 e. The van der Waals surface area contributed by atoms with Gasteiger partial charge in [0.15, 0.2) is 0 Å². The SMILES string of the molecule is O=C1CCC(N2Cc3cc(CN4CCN(c5cccs5)CC4)ccc3C2=O)C(=O)N1. The van der Waals surface area contributed by atoms with Crippen molar-refractivity contribution < 1.29 is 14.4 Å². The summed E-state index contributed by atoms with van der Waals surface area (Å²) in [6.45, 7) is 5.35. The molecule has 5 rings (SSSR count). The van der Waals surface area contributed by atoms with Gasteiger partial charge in [0.05, 0.1) is 5.00 Å². The predicted octanol–water partition coefficient (Wildman–Crippen LogP) is 1.83. The summed E-state index contributed by atoms with van der Waals surface area (Å²) in [5.41, 5.74) is 2.83. The molecule has 7 nitrogen and oxygen atoms in total. The standard InChI is InChI=1S/C22H24N4O3S/c27-19-6-5-18(21(28)23-19)26-14-16-12-15(3-4-17(16)22(26)29)13-24-7-9-25(10-8-24)20-2-1-11-30-20/h1-4,11-12,18H,5-10,13-14H2,(H,23,27,28). The van der Waals surface area contributed by atoms with Crippen LogP contribution < -0.4 is 10.2 Å². The monoisotopic (exact) mass is 424 g/mol. The van der Waals surface area contributed by atoms with Gasteiger partial charge in [0.1, 0.15) is 6.04 Å². The number of anilines is 1. The molecule has 0 bridgehead atoms. The fraction of sp³-hybridized carbons (Fsp3) is 0.409. The molecule has 8 heteroatoms. The van der Waals surface area contributed by atoms with Crippen LogP contribution in [0.4, 0.5) is 5.00 Å². The van der Waals surface area contributed by atoms with Crippen LogP contribution in [-0.2, 0) is 22.7 Å². The van der Waals surface area contributed by atoms with Crippen molar-refractivity contribution in [3.05, 3.63) is 52.4 Å². The molecule has 2 fully saturated rings. The Hall–Kier alpha value is -2.71. The van der Waals surface area contributed by atoms with Crippen molar-refractivity contribution in [3.8, 4) is 0 Å². The number of carbonyl (C=O) groups is 3. The lowest BCUT2D eigenvalue weighted by molar-refractivity contribution is -0.136. The van der Waals surface area contributed by atoms with E-state index in [1.54, 1.807) is 16.2 Å². The number of nitrogens with one attached hydrogen (secondary N) is 1. The van der Waals surface area contributed by atoms with Crippen molar-refractivity contribution in [2.24, 2.45) is 0 Å². The van der Waals surface area contributed by atoms with Crippen molar-refractivity contribution in [3.63, 3.8) is 0 Å². The maximum atomic E-state index is 12.8. The Morgan fingerprint density at radius 3 is 2.63 bits per heavy atom. The summed E-state index contributed by atoms with van der Waals surface area (Å²) in [4.78, 5) is 42.9. The topological polar surface area (TPSA) is 73.0 Å². The number of piperazine rings is 1. The maximum absolute atomic E-state index is 12.8. The summed E-state index contributed by atoms with van der Waals surface area (Å²) in [5, 5.41) is 5.80. The first-order valence-corrected chi connectivity index (χ1v) is 11.2. The zero-order valence-corrected chi connectivity index (χ0v) is 17.5. The van der Waals surface area contributed by atoms with Crippen LogP contribution in [0.3, 0.4) is 0 Å². The van der Waals surface area contributed by atoms with Crippen LogP contribution in [0.5, 0.6) is 0 Å². The summed E-state index contributed by atoms with van der Waals surface area (Å²) in [6.07, 6.45) is 0.672. The highest BCUT2D eigenvalue weighted by molar-refractivity contribution is 7.14. The van der Waals surface area contributed by atoms with Gasteiger partial charge in [-0.2, -0.15) is 0 Å². The Kier molecular flexibility index (Phi) is 5.04. The molecule has 0 saturated carbocycles. The Labute approximate surface area is 179 Å². The lowest BCUT2D eigenvalue weighted by atomic mass is 10.0. The summed E-state index contributed by atoms with van der Waals surface area (Å²) in [6, 6.07) is 9.72. The zero-order chi connectivity index (χ0) is 20.7. The van der Waals surface area contributed by atoms with E-state index in [0.717, 1.165) is 38.3 Å². The van der Waals surface area contributed by atoms with Crippen molar-refractivity contribution in [2.45, 2.75) is 32.0 Å². The molecular weight excluding hydrogens is 400 g/mol. The number of amides is 3. The number of fused-ring (bicyclic) bond motifs is 1. The summed E-state index contributed by atoms with van der Waals surface area (Å²) < 4.78 is 0. The Bertz CT molecular complexity index is 982. The second kappa shape index (κ2) is 7.85. The third-order valence-corrected chi connectivity index (χ3v) is 7.11. The van der Waals surface area contributed by atoms with E-state index in [4.69, 9.17) is 0 Å². The number of hydrogen-bond acceptors (Lipinski definition) is 6. The summed E-state index contributed by atoms with van der Waals surface area (Å²) in [7, 11) is 0. The van der Waals surface area contributed by atoms with Gasteiger partial charge in [-0.05, 0) is 41.1 Å². The number of hydrogen-bond donors (Lipinski definition) is 1. The van der Waals surface area contributed by atoms with Crippen LogP contribution in [0.15, 0.2) is 35.7 Å². The van der Waals surface area contributed by atoms with Crippen molar-refractivity contribution in [1.29, 1.82) is 0 Å². The number of thiophene rings is 1. The first-order valence-electron chi connectivity index (χ1n) is 10.4. The Morgan fingerprint density at radius 2 is 1.90 bits per heavy atom. The minimum Gasteiger partial charge on any atom is -0.361 e. The first kappa shape index (κ1) is 19.3. The predicted molar refractivity (Wildman–Crippen MR) is 114 cm³/mol. The fourth-order valence-corrected chi connectivity index (χ4v) is 5.35.